The number of ether oxygens (including phenoxy) is 2. The molecule has 0 aliphatic rings. The third kappa shape index (κ3) is 6.53. The van der Waals surface area contributed by atoms with E-state index in [-0.39, 0.29) is 6.61 Å². The van der Waals surface area contributed by atoms with Crippen LogP contribution in [-0.4, -0.2) is 39.1 Å². The molecule has 118 valence electrons. The number of alkyl halides is 3. The largest absolute Gasteiger partial charge is 0.458 e. The predicted molar refractivity (Wildman–Crippen MR) is 66.5 cm³/mol. The molecule has 1 atom stereocenters. The fourth-order valence-corrected chi connectivity index (χ4v) is 5.34. The Morgan fingerprint density at radius 3 is 1.90 bits per heavy atom. The number of carbonyl (C=O) groups is 2. The van der Waals surface area contributed by atoms with Crippen molar-refractivity contribution in [1.29, 1.82) is 0 Å². The van der Waals surface area contributed by atoms with Gasteiger partial charge in [0.2, 0.25) is 0 Å². The van der Waals surface area contributed by atoms with E-state index >= 15 is 0 Å². The van der Waals surface area contributed by atoms with Crippen molar-refractivity contribution in [3.63, 3.8) is 0 Å². The normalized spacial score (nSPS) is 15.3. The lowest BCUT2D eigenvalue weighted by molar-refractivity contribution is -0.158. The molecule has 20 heavy (non-hydrogen) atoms. The van der Waals surface area contributed by atoms with Crippen LogP contribution in [0, 0.1) is 0 Å². The van der Waals surface area contributed by atoms with Gasteiger partial charge in [-0.3, -0.25) is 4.57 Å². The van der Waals surface area contributed by atoms with Crippen molar-refractivity contribution < 1.29 is 41.0 Å². The van der Waals surface area contributed by atoms with Crippen LogP contribution >= 0.6 is 7.37 Å². The third-order valence-corrected chi connectivity index (χ3v) is 5.95. The molecular formula is C9H16F3O6PSi. The highest BCUT2D eigenvalue weighted by Gasteiger charge is 2.49. The van der Waals surface area contributed by atoms with Crippen molar-refractivity contribution in [3.05, 3.63) is 0 Å². The summed E-state index contributed by atoms with van der Waals surface area (Å²) >= 11 is 0. The Morgan fingerprint density at radius 1 is 1.10 bits per heavy atom. The highest BCUT2D eigenvalue weighted by atomic mass is 31.2. The molecule has 0 heterocycles. The highest BCUT2D eigenvalue weighted by molar-refractivity contribution is 7.90. The molecule has 0 fully saturated rings. The molecule has 0 aromatic carbocycles. The first-order valence-corrected chi connectivity index (χ1v) is 10.6. The summed E-state index contributed by atoms with van der Waals surface area (Å²) in [5.74, 6) is 0. The van der Waals surface area contributed by atoms with Crippen LogP contribution in [0.4, 0.5) is 22.8 Å². The zero-order valence-corrected chi connectivity index (χ0v) is 13.3. The first kappa shape index (κ1) is 19.1. The van der Waals surface area contributed by atoms with Gasteiger partial charge in [-0.25, -0.2) is 9.59 Å². The fourth-order valence-electron chi connectivity index (χ4n) is 0.972. The third-order valence-electron chi connectivity index (χ3n) is 1.51. The minimum Gasteiger partial charge on any atom is -0.458 e. The summed E-state index contributed by atoms with van der Waals surface area (Å²) in [6.07, 6.45) is -4.80. The van der Waals surface area contributed by atoms with Crippen LogP contribution in [0.2, 0.25) is 19.6 Å². The summed E-state index contributed by atoms with van der Waals surface area (Å²) in [6, 6.07) is 0. The molecular weight excluding hydrogens is 320 g/mol. The first-order valence-electron chi connectivity index (χ1n) is 5.54. The van der Waals surface area contributed by atoms with Crippen molar-refractivity contribution in [1.82, 2.24) is 0 Å². The van der Waals surface area contributed by atoms with Crippen LogP contribution in [0.3, 0.4) is 0 Å². The van der Waals surface area contributed by atoms with Gasteiger partial charge < -0.3 is 13.7 Å². The Balaban J connectivity index is 5.17. The summed E-state index contributed by atoms with van der Waals surface area (Å²) in [6.45, 7) is 3.76. The van der Waals surface area contributed by atoms with Gasteiger partial charge in [0.1, 0.15) is 0 Å². The molecule has 11 heteroatoms. The zero-order valence-electron chi connectivity index (χ0n) is 11.4. The smallest absolute Gasteiger partial charge is 0.422 e. The molecule has 1 unspecified atom stereocenters. The quantitative estimate of drug-likeness (QED) is 0.539. The van der Waals surface area contributed by atoms with E-state index in [1.165, 1.54) is 26.6 Å². The number of hydrogen-bond donors (Lipinski definition) is 0. The van der Waals surface area contributed by atoms with Crippen LogP contribution in [0.1, 0.15) is 6.92 Å². The highest BCUT2D eigenvalue weighted by Crippen LogP contribution is 2.53. The fraction of sp³-hybridized carbons (Fsp3) is 0.778. The van der Waals surface area contributed by atoms with E-state index < -0.39 is 39.9 Å². The first-order chi connectivity index (χ1) is 8.82. The Hall–Kier alpha value is -0.863. The molecule has 0 aliphatic carbocycles. The minimum absolute atomic E-state index is 0.204. The maximum Gasteiger partial charge on any atom is 0.422 e. The standard InChI is InChI=1S/C9H16F3O6PSi/c1-5-16-7(13)19(15,18-20(2,3)4)8(14)17-6-9(10,11)12/h5-6H2,1-4H3. The van der Waals surface area contributed by atoms with Gasteiger partial charge in [-0.2, -0.15) is 13.2 Å². The monoisotopic (exact) mass is 336 g/mol. The Labute approximate surface area is 115 Å². The summed E-state index contributed by atoms with van der Waals surface area (Å²) in [5.41, 5.74) is -3.36. The molecule has 0 spiro atoms. The minimum atomic E-state index is -4.80. The molecule has 0 amide bonds. The summed E-state index contributed by atoms with van der Waals surface area (Å²) < 4.78 is 61.4. The second-order valence-corrected chi connectivity index (χ2v) is 11.4. The van der Waals surface area contributed by atoms with Gasteiger partial charge in [-0.1, -0.05) is 0 Å². The Kier molecular flexibility index (Phi) is 6.44. The molecule has 0 aliphatic heterocycles. The van der Waals surface area contributed by atoms with E-state index in [0.717, 1.165) is 0 Å². The average molecular weight is 336 g/mol. The topological polar surface area (TPSA) is 78.9 Å². The number of hydrogen-bond acceptors (Lipinski definition) is 6. The van der Waals surface area contributed by atoms with Crippen molar-refractivity contribution in [2.75, 3.05) is 13.2 Å². The van der Waals surface area contributed by atoms with Crippen molar-refractivity contribution >= 4 is 27.1 Å². The maximum atomic E-state index is 12.2. The average Bonchev–Trinajstić information content (AvgIpc) is 2.22. The van der Waals surface area contributed by atoms with E-state index in [0.29, 0.717) is 0 Å². The Morgan fingerprint density at radius 2 is 1.55 bits per heavy atom. The zero-order chi connectivity index (χ0) is 16.2. The van der Waals surface area contributed by atoms with Crippen molar-refractivity contribution in [3.8, 4) is 0 Å². The number of halogens is 3. The van der Waals surface area contributed by atoms with Gasteiger partial charge in [0.05, 0.1) is 6.61 Å². The van der Waals surface area contributed by atoms with E-state index in [1.807, 2.05) is 0 Å². The van der Waals surface area contributed by atoms with Crippen LogP contribution in [0.25, 0.3) is 0 Å². The SMILES string of the molecule is CCOC(=O)P(=O)(O[Si](C)(C)C)C(=O)OCC(F)(F)F. The van der Waals surface area contributed by atoms with E-state index in [9.17, 15) is 27.3 Å². The molecule has 0 rings (SSSR count). The predicted octanol–water partition coefficient (Wildman–Crippen LogP) is 3.97. The van der Waals surface area contributed by atoms with Crippen molar-refractivity contribution in [2.45, 2.75) is 32.7 Å². The van der Waals surface area contributed by atoms with E-state index in [2.05, 4.69) is 9.47 Å². The van der Waals surface area contributed by atoms with Gasteiger partial charge in [0.15, 0.2) is 14.9 Å². The van der Waals surface area contributed by atoms with Crippen molar-refractivity contribution in [2.24, 2.45) is 0 Å². The van der Waals surface area contributed by atoms with Crippen LogP contribution in [-0.2, 0) is 18.3 Å². The molecule has 0 aromatic rings. The van der Waals surface area contributed by atoms with Crippen LogP contribution < -0.4 is 0 Å². The van der Waals surface area contributed by atoms with Gasteiger partial charge in [-0.05, 0) is 26.6 Å². The van der Waals surface area contributed by atoms with Gasteiger partial charge in [-0.15, -0.1) is 0 Å². The lowest BCUT2D eigenvalue weighted by Gasteiger charge is -2.23. The molecule has 0 N–H and O–H groups in total. The molecule has 0 aromatic heterocycles. The van der Waals surface area contributed by atoms with Gasteiger partial charge in [0.25, 0.3) is 0 Å². The molecule has 6 nitrogen and oxygen atoms in total. The van der Waals surface area contributed by atoms with E-state index in [4.69, 9.17) is 4.21 Å². The van der Waals surface area contributed by atoms with Gasteiger partial charge >= 0.3 is 25.0 Å². The lowest BCUT2D eigenvalue weighted by Crippen LogP contribution is -2.30. The van der Waals surface area contributed by atoms with Crippen LogP contribution in [0.5, 0.6) is 0 Å². The summed E-state index contributed by atoms with van der Waals surface area (Å²) in [5, 5.41) is 0. The lowest BCUT2D eigenvalue weighted by atomic mass is 10.7. The van der Waals surface area contributed by atoms with E-state index in [1.54, 1.807) is 0 Å². The maximum absolute atomic E-state index is 12.2. The second-order valence-electron chi connectivity index (χ2n) is 4.62. The van der Waals surface area contributed by atoms with Gasteiger partial charge in [0, 0.05) is 0 Å². The molecule has 0 saturated heterocycles. The Bertz CT molecular complexity index is 417. The van der Waals surface area contributed by atoms with Crippen LogP contribution in [0.15, 0.2) is 0 Å². The molecule has 0 radical (unpaired) electrons. The summed E-state index contributed by atoms with van der Waals surface area (Å²) in [4.78, 5) is 23.1. The second kappa shape index (κ2) is 6.73. The molecule has 0 bridgehead atoms. The number of carbonyl (C=O) groups excluding carboxylic acids is 2. The number of rotatable bonds is 6. The summed E-state index contributed by atoms with van der Waals surface area (Å²) in [7, 11) is -7.45. The molecule has 0 saturated carbocycles.